The fraction of sp³-hybridized carbons (Fsp3) is 0.375. The quantitative estimate of drug-likeness (QED) is 0.937. The molecule has 1 atom stereocenters. The van der Waals surface area contributed by atoms with E-state index in [0.29, 0.717) is 30.8 Å². The van der Waals surface area contributed by atoms with Crippen molar-refractivity contribution in [2.24, 2.45) is 5.92 Å². The molecule has 0 spiro atoms. The molecule has 2 aromatic rings. The Kier molecular flexibility index (Phi) is 4.38. The van der Waals surface area contributed by atoms with Crippen molar-refractivity contribution in [1.82, 2.24) is 9.88 Å². The summed E-state index contributed by atoms with van der Waals surface area (Å²) in [5.74, 6) is -2.81. The molecule has 0 amide bonds. The number of carboxylic acid groups (broad SMARTS) is 1. The first kappa shape index (κ1) is 15.6. The summed E-state index contributed by atoms with van der Waals surface area (Å²) in [4.78, 5) is 17.4. The second-order valence-electron chi connectivity index (χ2n) is 5.69. The summed E-state index contributed by atoms with van der Waals surface area (Å²) in [6, 6.07) is 3.46. The third kappa shape index (κ3) is 3.56. The van der Waals surface area contributed by atoms with E-state index in [-0.39, 0.29) is 11.8 Å². The fourth-order valence-corrected chi connectivity index (χ4v) is 2.77. The lowest BCUT2D eigenvalue weighted by molar-refractivity contribution is -0.143. The Morgan fingerprint density at radius 2 is 2.22 bits per heavy atom. The third-order valence-electron chi connectivity index (χ3n) is 3.96. The molecule has 1 aliphatic heterocycles. The Morgan fingerprint density at radius 1 is 1.39 bits per heavy atom. The van der Waals surface area contributed by atoms with Crippen molar-refractivity contribution in [3.8, 4) is 11.5 Å². The van der Waals surface area contributed by atoms with Crippen LogP contribution in [0.5, 0.6) is 0 Å². The van der Waals surface area contributed by atoms with Gasteiger partial charge in [0.25, 0.3) is 0 Å². The first-order valence-electron chi connectivity index (χ1n) is 7.38. The Morgan fingerprint density at radius 3 is 2.96 bits per heavy atom. The standard InChI is InChI=1S/C16H16F2N2O3/c17-13-4-3-10(6-14(13)18)15-19-12(9-23-15)8-20-5-1-2-11(7-20)16(21)22/h3-4,6,9,11H,1-2,5,7-8H2,(H,21,22)/t11-/m0/s1. The smallest absolute Gasteiger partial charge is 0.307 e. The SMILES string of the molecule is O=C(O)[C@H]1CCCN(Cc2coc(-c3ccc(F)c(F)c3)n2)C1. The number of carbonyl (C=O) groups is 1. The highest BCUT2D eigenvalue weighted by Gasteiger charge is 2.25. The molecule has 5 nitrogen and oxygen atoms in total. The molecule has 1 saturated heterocycles. The van der Waals surface area contributed by atoms with Gasteiger partial charge in [0.1, 0.15) is 6.26 Å². The van der Waals surface area contributed by atoms with E-state index in [1.807, 2.05) is 4.90 Å². The number of piperidine rings is 1. The van der Waals surface area contributed by atoms with Crippen LogP contribution < -0.4 is 0 Å². The molecule has 1 aliphatic rings. The van der Waals surface area contributed by atoms with E-state index < -0.39 is 17.6 Å². The van der Waals surface area contributed by atoms with Gasteiger partial charge in [0, 0.05) is 18.7 Å². The van der Waals surface area contributed by atoms with Crippen LogP contribution in [0.15, 0.2) is 28.9 Å². The molecule has 3 rings (SSSR count). The van der Waals surface area contributed by atoms with Crippen LogP contribution in [0.2, 0.25) is 0 Å². The molecule has 1 aromatic carbocycles. The second-order valence-corrected chi connectivity index (χ2v) is 5.69. The van der Waals surface area contributed by atoms with Crippen molar-refractivity contribution < 1.29 is 23.1 Å². The molecule has 122 valence electrons. The van der Waals surface area contributed by atoms with Crippen molar-refractivity contribution in [2.45, 2.75) is 19.4 Å². The van der Waals surface area contributed by atoms with E-state index in [9.17, 15) is 13.6 Å². The van der Waals surface area contributed by atoms with E-state index >= 15 is 0 Å². The first-order chi connectivity index (χ1) is 11.0. The van der Waals surface area contributed by atoms with Crippen molar-refractivity contribution in [2.75, 3.05) is 13.1 Å². The lowest BCUT2D eigenvalue weighted by Gasteiger charge is -2.29. The number of likely N-dealkylation sites (tertiary alicyclic amines) is 1. The van der Waals surface area contributed by atoms with Crippen LogP contribution in [0.1, 0.15) is 18.5 Å². The molecule has 1 fully saturated rings. The highest BCUT2D eigenvalue weighted by atomic mass is 19.2. The van der Waals surface area contributed by atoms with Gasteiger partial charge in [-0.2, -0.15) is 0 Å². The Balaban J connectivity index is 1.69. The number of benzene rings is 1. The lowest BCUT2D eigenvalue weighted by Crippen LogP contribution is -2.38. The fourth-order valence-electron chi connectivity index (χ4n) is 2.77. The molecule has 7 heteroatoms. The number of aliphatic carboxylic acids is 1. The summed E-state index contributed by atoms with van der Waals surface area (Å²) in [7, 11) is 0. The van der Waals surface area contributed by atoms with Crippen molar-refractivity contribution in [3.63, 3.8) is 0 Å². The van der Waals surface area contributed by atoms with Crippen molar-refractivity contribution in [1.29, 1.82) is 0 Å². The summed E-state index contributed by atoms with van der Waals surface area (Å²) < 4.78 is 31.5. The minimum absolute atomic E-state index is 0.214. The predicted octanol–water partition coefficient (Wildman–Crippen LogP) is 2.92. The third-order valence-corrected chi connectivity index (χ3v) is 3.96. The van der Waals surface area contributed by atoms with Crippen LogP contribution in [0, 0.1) is 17.6 Å². The molecule has 0 aliphatic carbocycles. The van der Waals surface area contributed by atoms with Gasteiger partial charge in [-0.1, -0.05) is 0 Å². The van der Waals surface area contributed by atoms with Gasteiger partial charge >= 0.3 is 5.97 Å². The summed E-state index contributed by atoms with van der Waals surface area (Å²) >= 11 is 0. The van der Waals surface area contributed by atoms with E-state index in [4.69, 9.17) is 9.52 Å². The van der Waals surface area contributed by atoms with Crippen LogP contribution >= 0.6 is 0 Å². The number of rotatable bonds is 4. The minimum Gasteiger partial charge on any atom is -0.481 e. The van der Waals surface area contributed by atoms with Crippen LogP contribution in [-0.4, -0.2) is 34.0 Å². The molecule has 1 N–H and O–H groups in total. The van der Waals surface area contributed by atoms with Crippen LogP contribution in [0.4, 0.5) is 8.78 Å². The van der Waals surface area contributed by atoms with Gasteiger partial charge in [0.05, 0.1) is 11.6 Å². The monoisotopic (exact) mass is 322 g/mol. The maximum Gasteiger partial charge on any atom is 0.307 e. The summed E-state index contributed by atoms with van der Waals surface area (Å²) in [6.07, 6.45) is 2.97. The van der Waals surface area contributed by atoms with E-state index in [0.717, 1.165) is 25.1 Å². The molecule has 1 aromatic heterocycles. The molecular weight excluding hydrogens is 306 g/mol. The van der Waals surface area contributed by atoms with Crippen molar-refractivity contribution in [3.05, 3.63) is 41.8 Å². The molecule has 0 unspecified atom stereocenters. The van der Waals surface area contributed by atoms with Crippen molar-refractivity contribution >= 4 is 5.97 Å². The van der Waals surface area contributed by atoms with E-state index in [1.165, 1.54) is 12.3 Å². The topological polar surface area (TPSA) is 66.6 Å². The maximum atomic E-state index is 13.3. The molecule has 23 heavy (non-hydrogen) atoms. The maximum absolute atomic E-state index is 13.3. The molecule has 0 radical (unpaired) electrons. The lowest BCUT2D eigenvalue weighted by atomic mass is 9.98. The molecular formula is C16H16F2N2O3. The van der Waals surface area contributed by atoms with Gasteiger partial charge in [-0.3, -0.25) is 9.69 Å². The first-order valence-corrected chi connectivity index (χ1v) is 7.38. The molecule has 2 heterocycles. The highest BCUT2D eigenvalue weighted by Crippen LogP contribution is 2.23. The summed E-state index contributed by atoms with van der Waals surface area (Å²) in [6.45, 7) is 1.75. The van der Waals surface area contributed by atoms with Gasteiger partial charge in [0.15, 0.2) is 11.6 Å². The van der Waals surface area contributed by atoms with Crippen LogP contribution in [-0.2, 0) is 11.3 Å². The molecule has 0 saturated carbocycles. The van der Waals surface area contributed by atoms with E-state index in [1.54, 1.807) is 0 Å². The Labute approximate surface area is 131 Å². The van der Waals surface area contributed by atoms with Gasteiger partial charge in [-0.25, -0.2) is 13.8 Å². The number of nitrogens with zero attached hydrogens (tertiary/aromatic N) is 2. The Bertz CT molecular complexity index is 717. The minimum atomic E-state index is -0.956. The number of halogens is 2. The average Bonchev–Trinajstić information content (AvgIpc) is 2.99. The number of aromatic nitrogens is 1. The largest absolute Gasteiger partial charge is 0.481 e. The average molecular weight is 322 g/mol. The number of hydrogen-bond acceptors (Lipinski definition) is 4. The second kappa shape index (κ2) is 6.45. The van der Waals surface area contributed by atoms with Gasteiger partial charge in [-0.05, 0) is 37.6 Å². The van der Waals surface area contributed by atoms with Gasteiger partial charge in [0.2, 0.25) is 5.89 Å². The number of oxazole rings is 1. The Hall–Kier alpha value is -2.28. The van der Waals surface area contributed by atoms with E-state index in [2.05, 4.69) is 4.98 Å². The van der Waals surface area contributed by atoms with Crippen LogP contribution in [0.25, 0.3) is 11.5 Å². The zero-order chi connectivity index (χ0) is 16.4. The zero-order valence-corrected chi connectivity index (χ0v) is 12.3. The van der Waals surface area contributed by atoms with Crippen LogP contribution in [0.3, 0.4) is 0 Å². The summed E-state index contributed by atoms with van der Waals surface area (Å²) in [5.41, 5.74) is 0.993. The molecule has 0 bridgehead atoms. The normalized spacial score (nSPS) is 19.0. The predicted molar refractivity (Wildman–Crippen MR) is 77.5 cm³/mol. The highest BCUT2D eigenvalue weighted by molar-refractivity contribution is 5.70. The zero-order valence-electron chi connectivity index (χ0n) is 12.3. The van der Waals surface area contributed by atoms with Gasteiger partial charge in [-0.15, -0.1) is 0 Å². The van der Waals surface area contributed by atoms with Gasteiger partial charge < -0.3 is 9.52 Å². The number of hydrogen-bond donors (Lipinski definition) is 1. The number of carboxylic acids is 1. The summed E-state index contributed by atoms with van der Waals surface area (Å²) in [5, 5.41) is 9.10.